The lowest BCUT2D eigenvalue weighted by Crippen LogP contribution is -2.17. The molecule has 82 valence electrons. The summed E-state index contributed by atoms with van der Waals surface area (Å²) in [6.07, 6.45) is 1.28. The molecule has 0 aromatic carbocycles. The maximum absolute atomic E-state index is 11.1. The van der Waals surface area contributed by atoms with Crippen molar-refractivity contribution in [3.63, 3.8) is 0 Å². The number of carbonyl (C=O) groups excluding carboxylic acids is 2. The van der Waals surface area contributed by atoms with E-state index in [1.54, 1.807) is 0 Å². The van der Waals surface area contributed by atoms with Gasteiger partial charge in [0.15, 0.2) is 0 Å². The molecule has 1 aliphatic rings. The Balaban J connectivity index is 2.26. The predicted octanol–water partition coefficient (Wildman–Crippen LogP) is 1.51. The molecule has 2 rings (SSSR count). The highest BCUT2D eigenvalue weighted by Gasteiger charge is 2.25. The van der Waals surface area contributed by atoms with Crippen LogP contribution in [0.25, 0.3) is 6.08 Å². The Morgan fingerprint density at radius 3 is 2.69 bits per heavy atom. The molecule has 1 aromatic heterocycles. The quantitative estimate of drug-likeness (QED) is 0.477. The van der Waals surface area contributed by atoms with Crippen LogP contribution in [0, 0.1) is 10.1 Å². The van der Waals surface area contributed by atoms with Crippen LogP contribution < -0.4 is 5.32 Å². The van der Waals surface area contributed by atoms with E-state index < -0.39 is 22.0 Å². The summed E-state index contributed by atoms with van der Waals surface area (Å²) in [6.45, 7) is 0. The van der Waals surface area contributed by atoms with Crippen molar-refractivity contribution in [3.05, 3.63) is 32.9 Å². The van der Waals surface area contributed by atoms with Crippen molar-refractivity contribution >= 4 is 34.9 Å². The highest BCUT2D eigenvalue weighted by Crippen LogP contribution is 2.27. The number of nitrogens with one attached hydrogen (secondary N) is 1. The van der Waals surface area contributed by atoms with Crippen LogP contribution in [-0.4, -0.2) is 16.1 Å². The maximum atomic E-state index is 11.1. The van der Waals surface area contributed by atoms with E-state index in [1.807, 2.05) is 0 Å². The van der Waals surface area contributed by atoms with Gasteiger partial charge in [-0.3, -0.25) is 25.0 Å². The van der Waals surface area contributed by atoms with E-state index in [9.17, 15) is 19.7 Å². The lowest BCUT2D eigenvalue weighted by Gasteiger charge is -1.87. The standard InChI is InChI=1S/C8H4N2O5S/c11-7-5(16-8(12)9-7)3-4-1-2-6(15-4)10(13)14/h1-3H,(H,9,11,12)/b5-3-. The normalized spacial score (nSPS) is 17.9. The van der Waals surface area contributed by atoms with Crippen molar-refractivity contribution in [2.75, 3.05) is 0 Å². The van der Waals surface area contributed by atoms with E-state index in [0.29, 0.717) is 0 Å². The third-order valence-corrected chi connectivity index (χ3v) is 2.52. The molecule has 7 nitrogen and oxygen atoms in total. The average Bonchev–Trinajstić information content (AvgIpc) is 2.75. The summed E-state index contributed by atoms with van der Waals surface area (Å²) in [5.74, 6) is -0.797. The molecule has 0 bridgehead atoms. The lowest BCUT2D eigenvalue weighted by molar-refractivity contribution is -0.402. The summed E-state index contributed by atoms with van der Waals surface area (Å²) in [5.41, 5.74) is 0. The number of nitrogens with zero attached hydrogens (tertiary/aromatic N) is 1. The smallest absolute Gasteiger partial charge is 0.401 e. The van der Waals surface area contributed by atoms with E-state index >= 15 is 0 Å². The van der Waals surface area contributed by atoms with Crippen molar-refractivity contribution in [2.45, 2.75) is 0 Å². The Kier molecular flexibility index (Phi) is 2.49. The number of amides is 2. The molecular weight excluding hydrogens is 236 g/mol. The number of furan rings is 1. The van der Waals surface area contributed by atoms with Gasteiger partial charge in [-0.05, 0) is 17.8 Å². The third kappa shape index (κ3) is 1.96. The molecule has 2 amide bonds. The van der Waals surface area contributed by atoms with Gasteiger partial charge >= 0.3 is 5.88 Å². The largest absolute Gasteiger partial charge is 0.433 e. The van der Waals surface area contributed by atoms with E-state index in [1.165, 1.54) is 18.2 Å². The molecule has 0 saturated carbocycles. The Labute approximate surface area is 92.6 Å². The van der Waals surface area contributed by atoms with Gasteiger partial charge in [0.05, 0.1) is 11.0 Å². The number of imide groups is 1. The molecule has 0 radical (unpaired) electrons. The predicted molar refractivity (Wildman–Crippen MR) is 54.5 cm³/mol. The van der Waals surface area contributed by atoms with Crippen LogP contribution in [0.3, 0.4) is 0 Å². The molecule has 0 aliphatic carbocycles. The van der Waals surface area contributed by atoms with Gasteiger partial charge in [0.25, 0.3) is 11.1 Å². The lowest BCUT2D eigenvalue weighted by atomic mass is 10.4. The first-order valence-electron chi connectivity index (χ1n) is 4.05. The second-order valence-electron chi connectivity index (χ2n) is 2.79. The van der Waals surface area contributed by atoms with E-state index in [2.05, 4.69) is 5.32 Å². The van der Waals surface area contributed by atoms with Crippen LogP contribution in [0.15, 0.2) is 21.5 Å². The number of hydrogen-bond acceptors (Lipinski definition) is 6. The van der Waals surface area contributed by atoms with Crippen LogP contribution >= 0.6 is 11.8 Å². The van der Waals surface area contributed by atoms with Gasteiger partial charge in [-0.2, -0.15) is 0 Å². The van der Waals surface area contributed by atoms with Gasteiger partial charge in [0.2, 0.25) is 0 Å². The third-order valence-electron chi connectivity index (χ3n) is 1.71. The molecule has 1 N–H and O–H groups in total. The maximum Gasteiger partial charge on any atom is 0.433 e. The average molecular weight is 240 g/mol. The summed E-state index contributed by atoms with van der Waals surface area (Å²) >= 11 is 0.718. The molecule has 1 aromatic rings. The number of hydrogen-bond donors (Lipinski definition) is 1. The van der Waals surface area contributed by atoms with Crippen molar-refractivity contribution in [2.24, 2.45) is 0 Å². The fraction of sp³-hybridized carbons (Fsp3) is 0. The molecular formula is C8H4N2O5S. The van der Waals surface area contributed by atoms with Crippen molar-refractivity contribution in [1.29, 1.82) is 0 Å². The second kappa shape index (κ2) is 3.81. The Bertz CT molecular complexity index is 518. The minimum atomic E-state index is -0.685. The zero-order valence-electron chi connectivity index (χ0n) is 7.63. The summed E-state index contributed by atoms with van der Waals surface area (Å²) in [4.78, 5) is 31.7. The first kappa shape index (κ1) is 10.4. The number of rotatable bonds is 2. The number of nitro groups is 1. The van der Waals surface area contributed by atoms with Crippen LogP contribution in [0.5, 0.6) is 0 Å². The van der Waals surface area contributed by atoms with Crippen LogP contribution in [0.1, 0.15) is 5.76 Å². The minimum absolute atomic E-state index is 0.147. The SMILES string of the molecule is O=C1NC(=O)/C(=C/c2ccc([N+](=O)[O-])o2)S1. The first-order chi connectivity index (χ1) is 7.56. The monoisotopic (exact) mass is 240 g/mol. The molecule has 1 fully saturated rings. The van der Waals surface area contributed by atoms with Crippen molar-refractivity contribution in [1.82, 2.24) is 5.32 Å². The topological polar surface area (TPSA) is 102 Å². The van der Waals surface area contributed by atoms with Gasteiger partial charge < -0.3 is 4.42 Å². The summed E-state index contributed by atoms with van der Waals surface area (Å²) in [5, 5.41) is 11.9. The molecule has 8 heteroatoms. The van der Waals surface area contributed by atoms with Crippen LogP contribution in [0.2, 0.25) is 0 Å². The summed E-state index contributed by atoms with van der Waals surface area (Å²) in [6, 6.07) is 2.52. The first-order valence-corrected chi connectivity index (χ1v) is 4.87. The second-order valence-corrected chi connectivity index (χ2v) is 3.80. The molecule has 0 unspecified atom stereocenters. The van der Waals surface area contributed by atoms with Crippen molar-refractivity contribution < 1.29 is 18.9 Å². The van der Waals surface area contributed by atoms with E-state index in [4.69, 9.17) is 4.42 Å². The molecule has 16 heavy (non-hydrogen) atoms. The molecule has 1 aliphatic heterocycles. The highest BCUT2D eigenvalue weighted by atomic mass is 32.2. The van der Waals surface area contributed by atoms with Crippen LogP contribution in [0.4, 0.5) is 10.7 Å². The fourth-order valence-corrected chi connectivity index (χ4v) is 1.73. The fourth-order valence-electron chi connectivity index (χ4n) is 1.07. The Morgan fingerprint density at radius 1 is 1.44 bits per heavy atom. The van der Waals surface area contributed by atoms with Gasteiger partial charge in [-0.1, -0.05) is 0 Å². The van der Waals surface area contributed by atoms with E-state index in [-0.39, 0.29) is 10.7 Å². The summed E-state index contributed by atoms with van der Waals surface area (Å²) in [7, 11) is 0. The van der Waals surface area contributed by atoms with Gasteiger partial charge in [0, 0.05) is 6.08 Å². The zero-order chi connectivity index (χ0) is 11.7. The number of thioether (sulfide) groups is 1. The minimum Gasteiger partial charge on any atom is -0.401 e. The molecule has 0 spiro atoms. The highest BCUT2D eigenvalue weighted by molar-refractivity contribution is 8.18. The number of carbonyl (C=O) groups is 2. The van der Waals surface area contributed by atoms with E-state index in [0.717, 1.165) is 11.8 Å². The Hall–Kier alpha value is -2.09. The van der Waals surface area contributed by atoms with Gasteiger partial charge in [-0.15, -0.1) is 0 Å². The molecule has 2 heterocycles. The van der Waals surface area contributed by atoms with Gasteiger partial charge in [0.1, 0.15) is 10.7 Å². The summed E-state index contributed by atoms with van der Waals surface area (Å²) < 4.78 is 4.81. The van der Waals surface area contributed by atoms with Crippen molar-refractivity contribution in [3.8, 4) is 0 Å². The zero-order valence-corrected chi connectivity index (χ0v) is 8.45. The molecule has 0 atom stereocenters. The Morgan fingerprint density at radius 2 is 2.19 bits per heavy atom. The van der Waals surface area contributed by atoms with Gasteiger partial charge in [-0.25, -0.2) is 0 Å². The van der Waals surface area contributed by atoms with Crippen LogP contribution in [-0.2, 0) is 4.79 Å². The molecule has 1 saturated heterocycles.